The number of benzene rings is 1. The summed E-state index contributed by atoms with van der Waals surface area (Å²) in [5, 5.41) is 0.899. The molecule has 0 aliphatic heterocycles. The molecule has 0 aliphatic rings. The summed E-state index contributed by atoms with van der Waals surface area (Å²) in [7, 11) is 1.33. The van der Waals surface area contributed by atoms with E-state index >= 15 is 0 Å². The Morgan fingerprint density at radius 2 is 2.18 bits per heavy atom. The molecule has 4 heteroatoms. The molecule has 88 valence electrons. The summed E-state index contributed by atoms with van der Waals surface area (Å²) in [5.41, 5.74) is 1.96. The Balaban J connectivity index is 2.34. The maximum atomic E-state index is 11.0. The number of carbonyl (C=O) groups is 1. The molecule has 0 saturated carbocycles. The van der Waals surface area contributed by atoms with Crippen LogP contribution in [0.2, 0.25) is 0 Å². The van der Waals surface area contributed by atoms with Gasteiger partial charge in [-0.2, -0.15) is 0 Å². The number of aromatic nitrogens is 1. The van der Waals surface area contributed by atoms with Crippen molar-refractivity contribution in [2.75, 3.05) is 13.7 Å². The first-order valence-corrected chi connectivity index (χ1v) is 5.26. The summed E-state index contributed by atoms with van der Waals surface area (Å²) in [6.07, 6.45) is 1.67. The van der Waals surface area contributed by atoms with Gasteiger partial charge in [-0.3, -0.25) is 4.98 Å². The highest BCUT2D eigenvalue weighted by atomic mass is 16.6. The second-order valence-electron chi connectivity index (χ2n) is 3.64. The molecule has 1 heterocycles. The van der Waals surface area contributed by atoms with E-state index in [0.29, 0.717) is 5.75 Å². The van der Waals surface area contributed by atoms with Gasteiger partial charge in [0.2, 0.25) is 0 Å². The second kappa shape index (κ2) is 4.82. The lowest BCUT2D eigenvalue weighted by atomic mass is 10.1. The number of fused-ring (bicyclic) bond motifs is 1. The van der Waals surface area contributed by atoms with Crippen LogP contribution in [0.4, 0.5) is 0 Å². The van der Waals surface area contributed by atoms with Gasteiger partial charge in [-0.25, -0.2) is 4.79 Å². The van der Waals surface area contributed by atoms with Crippen LogP contribution in [-0.4, -0.2) is 24.7 Å². The lowest BCUT2D eigenvalue weighted by molar-refractivity contribution is -0.142. The van der Waals surface area contributed by atoms with E-state index in [1.807, 2.05) is 25.1 Å². The molecular weight excluding hydrogens is 218 g/mol. The average Bonchev–Trinajstić information content (AvgIpc) is 2.36. The fourth-order valence-corrected chi connectivity index (χ4v) is 1.62. The van der Waals surface area contributed by atoms with Gasteiger partial charge in [-0.05, 0) is 24.6 Å². The molecule has 17 heavy (non-hydrogen) atoms. The highest BCUT2D eigenvalue weighted by Crippen LogP contribution is 2.25. The van der Waals surface area contributed by atoms with E-state index in [0.717, 1.165) is 16.5 Å². The van der Waals surface area contributed by atoms with Gasteiger partial charge in [-0.1, -0.05) is 12.1 Å². The van der Waals surface area contributed by atoms with Crippen molar-refractivity contribution in [2.24, 2.45) is 0 Å². The molecule has 0 N–H and O–H groups in total. The first-order valence-electron chi connectivity index (χ1n) is 5.26. The quantitative estimate of drug-likeness (QED) is 0.759. The maximum absolute atomic E-state index is 11.0. The number of rotatable bonds is 3. The smallest absolute Gasteiger partial charge is 0.343 e. The van der Waals surface area contributed by atoms with Crippen LogP contribution < -0.4 is 4.74 Å². The van der Waals surface area contributed by atoms with Crippen LogP contribution in [0.1, 0.15) is 5.56 Å². The van der Waals surface area contributed by atoms with Crippen molar-refractivity contribution in [1.82, 2.24) is 4.98 Å². The highest BCUT2D eigenvalue weighted by molar-refractivity contribution is 5.87. The van der Waals surface area contributed by atoms with Crippen LogP contribution in [0.15, 0.2) is 30.5 Å². The monoisotopic (exact) mass is 231 g/mol. The van der Waals surface area contributed by atoms with Gasteiger partial charge in [0.1, 0.15) is 5.75 Å². The summed E-state index contributed by atoms with van der Waals surface area (Å²) in [4.78, 5) is 15.3. The summed E-state index contributed by atoms with van der Waals surface area (Å²) in [5.74, 6) is 0.242. The zero-order chi connectivity index (χ0) is 12.3. The Hall–Kier alpha value is -2.10. The number of carbonyl (C=O) groups excluding carboxylic acids is 1. The van der Waals surface area contributed by atoms with E-state index in [9.17, 15) is 4.79 Å². The number of nitrogens with zero attached hydrogens (tertiary/aromatic N) is 1. The van der Waals surface area contributed by atoms with Crippen molar-refractivity contribution >= 4 is 16.9 Å². The molecule has 0 radical (unpaired) electrons. The van der Waals surface area contributed by atoms with Gasteiger partial charge in [0.25, 0.3) is 0 Å². The maximum Gasteiger partial charge on any atom is 0.343 e. The van der Waals surface area contributed by atoms with E-state index < -0.39 is 5.97 Å². The largest absolute Gasteiger partial charge is 0.481 e. The number of methoxy groups -OCH3 is 1. The Labute approximate surface area is 99.2 Å². The fraction of sp³-hybridized carbons (Fsp3) is 0.231. The number of pyridine rings is 1. The molecule has 1 aromatic carbocycles. The van der Waals surface area contributed by atoms with Gasteiger partial charge in [-0.15, -0.1) is 0 Å². The van der Waals surface area contributed by atoms with Crippen LogP contribution in [0.25, 0.3) is 10.9 Å². The zero-order valence-electron chi connectivity index (χ0n) is 9.77. The molecular formula is C13H13NO3. The molecule has 4 nitrogen and oxygen atoms in total. The molecule has 0 unspecified atom stereocenters. The minimum atomic E-state index is -0.400. The SMILES string of the molecule is COC(=O)COc1ccnc2c(C)cccc12. The normalized spacial score (nSPS) is 10.2. The van der Waals surface area contributed by atoms with Crippen molar-refractivity contribution in [2.45, 2.75) is 6.92 Å². The van der Waals surface area contributed by atoms with Gasteiger partial charge in [0, 0.05) is 11.6 Å². The molecule has 0 spiro atoms. The lowest BCUT2D eigenvalue weighted by Gasteiger charge is -2.08. The predicted octanol–water partition coefficient (Wildman–Crippen LogP) is 2.10. The Morgan fingerprint density at radius 3 is 2.94 bits per heavy atom. The van der Waals surface area contributed by atoms with Gasteiger partial charge >= 0.3 is 5.97 Å². The third kappa shape index (κ3) is 2.36. The molecule has 0 aliphatic carbocycles. The number of para-hydroxylation sites is 1. The van der Waals surface area contributed by atoms with E-state index in [1.165, 1.54) is 7.11 Å². The summed E-state index contributed by atoms with van der Waals surface area (Å²) < 4.78 is 9.94. The third-order valence-corrected chi connectivity index (χ3v) is 2.51. The molecule has 0 fully saturated rings. The predicted molar refractivity (Wildman–Crippen MR) is 64.0 cm³/mol. The van der Waals surface area contributed by atoms with Crippen LogP contribution in [0.3, 0.4) is 0 Å². The van der Waals surface area contributed by atoms with Crippen molar-refractivity contribution in [3.05, 3.63) is 36.0 Å². The van der Waals surface area contributed by atoms with Crippen molar-refractivity contribution in [1.29, 1.82) is 0 Å². The van der Waals surface area contributed by atoms with Crippen LogP contribution in [0, 0.1) is 6.92 Å². The van der Waals surface area contributed by atoms with E-state index in [2.05, 4.69) is 9.72 Å². The number of aryl methyl sites for hydroxylation is 1. The number of hydrogen-bond acceptors (Lipinski definition) is 4. The topological polar surface area (TPSA) is 48.4 Å². The molecule has 1 aromatic heterocycles. The Bertz CT molecular complexity index is 551. The zero-order valence-corrected chi connectivity index (χ0v) is 9.77. The summed E-state index contributed by atoms with van der Waals surface area (Å²) in [6, 6.07) is 7.58. The first-order chi connectivity index (χ1) is 8.22. The molecule has 2 rings (SSSR count). The summed E-state index contributed by atoms with van der Waals surface area (Å²) in [6.45, 7) is 1.89. The van der Waals surface area contributed by atoms with Crippen molar-refractivity contribution in [3.63, 3.8) is 0 Å². The molecule has 2 aromatic rings. The third-order valence-electron chi connectivity index (χ3n) is 2.51. The van der Waals surface area contributed by atoms with Crippen LogP contribution >= 0.6 is 0 Å². The average molecular weight is 231 g/mol. The van der Waals surface area contributed by atoms with Gasteiger partial charge in [0.15, 0.2) is 6.61 Å². The number of hydrogen-bond donors (Lipinski definition) is 0. The molecule has 0 saturated heterocycles. The minimum absolute atomic E-state index is 0.0937. The van der Waals surface area contributed by atoms with Gasteiger partial charge < -0.3 is 9.47 Å². The van der Waals surface area contributed by atoms with Crippen molar-refractivity contribution < 1.29 is 14.3 Å². The molecule has 0 amide bonds. The van der Waals surface area contributed by atoms with Gasteiger partial charge in [0.05, 0.1) is 12.6 Å². The minimum Gasteiger partial charge on any atom is -0.481 e. The van der Waals surface area contributed by atoms with Crippen LogP contribution in [-0.2, 0) is 9.53 Å². The Kier molecular flexibility index (Phi) is 3.23. The number of ether oxygens (including phenoxy) is 2. The fourth-order valence-electron chi connectivity index (χ4n) is 1.62. The molecule has 0 atom stereocenters. The van der Waals surface area contributed by atoms with E-state index in [-0.39, 0.29) is 6.61 Å². The molecule has 0 bridgehead atoms. The lowest BCUT2D eigenvalue weighted by Crippen LogP contribution is -2.12. The number of esters is 1. The Morgan fingerprint density at radius 1 is 1.35 bits per heavy atom. The summed E-state index contributed by atoms with van der Waals surface area (Å²) >= 11 is 0. The first kappa shape index (κ1) is 11.4. The van der Waals surface area contributed by atoms with Crippen LogP contribution in [0.5, 0.6) is 5.75 Å². The standard InChI is InChI=1S/C13H13NO3/c1-9-4-3-5-10-11(6-7-14-13(9)10)17-8-12(15)16-2/h3-7H,8H2,1-2H3. The van der Waals surface area contributed by atoms with E-state index in [4.69, 9.17) is 4.74 Å². The van der Waals surface area contributed by atoms with Crippen molar-refractivity contribution in [3.8, 4) is 5.75 Å². The highest BCUT2D eigenvalue weighted by Gasteiger charge is 2.07. The second-order valence-corrected chi connectivity index (χ2v) is 3.64. The van der Waals surface area contributed by atoms with E-state index in [1.54, 1.807) is 12.3 Å².